The second kappa shape index (κ2) is 5.65. The van der Waals surface area contributed by atoms with Gasteiger partial charge in [-0.25, -0.2) is 4.79 Å². The lowest BCUT2D eigenvalue weighted by molar-refractivity contribution is -0.117. The average Bonchev–Trinajstić information content (AvgIpc) is 2.89. The maximum Gasteiger partial charge on any atom is 0.335 e. The third-order valence-electron chi connectivity index (χ3n) is 3.01. The van der Waals surface area contributed by atoms with Crippen LogP contribution in [0.1, 0.15) is 10.4 Å². The zero-order chi connectivity index (χ0) is 15.5. The first-order valence-corrected chi connectivity index (χ1v) is 6.55. The molecule has 2 N–H and O–H groups in total. The Morgan fingerprint density at radius 2 is 1.77 bits per heavy atom. The molecule has 3 rings (SSSR count). The number of carboxylic acid groups (broad SMARTS) is 1. The molecule has 0 aliphatic heterocycles. The lowest BCUT2D eigenvalue weighted by atomic mass is 10.2. The molecule has 0 saturated heterocycles. The van der Waals surface area contributed by atoms with E-state index in [1.165, 1.54) is 16.9 Å². The number of carbonyl (C=O) groups is 2. The number of nitrogens with one attached hydrogen (secondary N) is 1. The van der Waals surface area contributed by atoms with Crippen LogP contribution in [-0.2, 0) is 11.3 Å². The molecule has 7 heteroatoms. The van der Waals surface area contributed by atoms with Crippen LogP contribution in [0.3, 0.4) is 0 Å². The quantitative estimate of drug-likeness (QED) is 0.764. The van der Waals surface area contributed by atoms with Crippen LogP contribution in [0.4, 0.5) is 5.69 Å². The van der Waals surface area contributed by atoms with Crippen LogP contribution in [0, 0.1) is 0 Å². The minimum absolute atomic E-state index is 0.0496. The summed E-state index contributed by atoms with van der Waals surface area (Å²) in [5, 5.41) is 19.9. The summed E-state index contributed by atoms with van der Waals surface area (Å²) in [4.78, 5) is 24.1. The Labute approximate surface area is 125 Å². The van der Waals surface area contributed by atoms with Crippen molar-refractivity contribution in [2.45, 2.75) is 6.54 Å². The molecule has 0 aliphatic rings. The molecule has 0 fully saturated rings. The fourth-order valence-electron chi connectivity index (χ4n) is 2.01. The number of benzene rings is 2. The highest BCUT2D eigenvalue weighted by molar-refractivity contribution is 5.92. The number of fused-ring (bicyclic) bond motifs is 1. The van der Waals surface area contributed by atoms with Crippen LogP contribution >= 0.6 is 0 Å². The number of hydrogen-bond acceptors (Lipinski definition) is 4. The van der Waals surface area contributed by atoms with Crippen molar-refractivity contribution in [2.24, 2.45) is 0 Å². The molecule has 3 aromatic rings. The first-order chi connectivity index (χ1) is 10.6. The number of rotatable bonds is 4. The van der Waals surface area contributed by atoms with Gasteiger partial charge >= 0.3 is 5.97 Å². The third-order valence-corrected chi connectivity index (χ3v) is 3.01. The standard InChI is InChI=1S/C15H12N4O3/c20-14(16-11-4-2-1-3-5-11)9-19-17-12-7-6-10(15(21)22)8-13(12)18-19/h1-8H,9H2,(H,16,20)(H,21,22). The second-order valence-corrected chi connectivity index (χ2v) is 4.65. The number of nitrogens with zero attached hydrogens (tertiary/aromatic N) is 3. The lowest BCUT2D eigenvalue weighted by Gasteiger charge is -2.03. The van der Waals surface area contributed by atoms with Crippen LogP contribution in [0.2, 0.25) is 0 Å². The van der Waals surface area contributed by atoms with Gasteiger partial charge in [-0.15, -0.1) is 0 Å². The zero-order valence-corrected chi connectivity index (χ0v) is 11.4. The molecule has 2 aromatic carbocycles. The number of aromatic nitrogens is 3. The van der Waals surface area contributed by atoms with Crippen molar-refractivity contribution in [1.82, 2.24) is 15.0 Å². The summed E-state index contributed by atoms with van der Waals surface area (Å²) < 4.78 is 0. The summed E-state index contributed by atoms with van der Waals surface area (Å²) >= 11 is 0. The van der Waals surface area contributed by atoms with Crippen molar-refractivity contribution in [1.29, 1.82) is 0 Å². The second-order valence-electron chi connectivity index (χ2n) is 4.65. The predicted octanol–water partition coefficient (Wildman–Crippen LogP) is 1.77. The van der Waals surface area contributed by atoms with Crippen molar-refractivity contribution in [2.75, 3.05) is 5.32 Å². The maximum atomic E-state index is 11.9. The number of para-hydroxylation sites is 1. The smallest absolute Gasteiger partial charge is 0.335 e. The van der Waals surface area contributed by atoms with E-state index in [-0.39, 0.29) is 18.0 Å². The van der Waals surface area contributed by atoms with Gasteiger partial charge in [-0.2, -0.15) is 15.0 Å². The highest BCUT2D eigenvalue weighted by Gasteiger charge is 2.10. The molecule has 110 valence electrons. The highest BCUT2D eigenvalue weighted by Crippen LogP contribution is 2.12. The van der Waals surface area contributed by atoms with E-state index in [1.807, 2.05) is 18.2 Å². The summed E-state index contributed by atoms with van der Waals surface area (Å²) in [6.07, 6.45) is 0. The minimum Gasteiger partial charge on any atom is -0.478 e. The van der Waals surface area contributed by atoms with Gasteiger partial charge in [0, 0.05) is 5.69 Å². The number of carbonyl (C=O) groups excluding carboxylic acids is 1. The molecule has 0 radical (unpaired) electrons. The van der Waals surface area contributed by atoms with Crippen LogP contribution < -0.4 is 5.32 Å². The van der Waals surface area contributed by atoms with Gasteiger partial charge in [-0.05, 0) is 30.3 Å². The van der Waals surface area contributed by atoms with Crippen molar-refractivity contribution in [3.05, 3.63) is 54.1 Å². The van der Waals surface area contributed by atoms with Gasteiger partial charge in [0.25, 0.3) is 0 Å². The van der Waals surface area contributed by atoms with Gasteiger partial charge in [0.05, 0.1) is 5.56 Å². The van der Waals surface area contributed by atoms with E-state index in [1.54, 1.807) is 18.2 Å². The van der Waals surface area contributed by atoms with Crippen molar-refractivity contribution >= 4 is 28.6 Å². The fourth-order valence-corrected chi connectivity index (χ4v) is 2.01. The molecule has 0 saturated carbocycles. The Hall–Kier alpha value is -3.22. The number of amides is 1. The Kier molecular flexibility index (Phi) is 3.53. The normalized spacial score (nSPS) is 10.5. The molecule has 1 heterocycles. The van der Waals surface area contributed by atoms with Gasteiger partial charge in [0.2, 0.25) is 5.91 Å². The van der Waals surface area contributed by atoms with E-state index in [2.05, 4.69) is 15.5 Å². The molecule has 22 heavy (non-hydrogen) atoms. The number of carboxylic acids is 1. The molecule has 0 bridgehead atoms. The number of anilines is 1. The lowest BCUT2D eigenvalue weighted by Crippen LogP contribution is -2.20. The molecular formula is C15H12N4O3. The van der Waals surface area contributed by atoms with Gasteiger partial charge in [0.1, 0.15) is 17.6 Å². The fraction of sp³-hybridized carbons (Fsp3) is 0.0667. The van der Waals surface area contributed by atoms with E-state index in [0.29, 0.717) is 16.7 Å². The number of hydrogen-bond donors (Lipinski definition) is 2. The first kappa shape index (κ1) is 13.7. The summed E-state index contributed by atoms with van der Waals surface area (Å²) in [6, 6.07) is 13.5. The topological polar surface area (TPSA) is 97.1 Å². The van der Waals surface area contributed by atoms with Gasteiger partial charge < -0.3 is 10.4 Å². The summed E-state index contributed by atoms with van der Waals surface area (Å²) in [5.41, 5.74) is 1.80. The summed E-state index contributed by atoms with van der Waals surface area (Å²) in [6.45, 7) is -0.0496. The van der Waals surface area contributed by atoms with Gasteiger partial charge in [-0.1, -0.05) is 18.2 Å². The molecule has 7 nitrogen and oxygen atoms in total. The Balaban J connectivity index is 1.76. The van der Waals surface area contributed by atoms with E-state index in [4.69, 9.17) is 5.11 Å². The van der Waals surface area contributed by atoms with Gasteiger partial charge in [0.15, 0.2) is 0 Å². The predicted molar refractivity (Wildman–Crippen MR) is 79.6 cm³/mol. The van der Waals surface area contributed by atoms with Crippen LogP contribution in [0.25, 0.3) is 11.0 Å². The molecule has 1 amide bonds. The highest BCUT2D eigenvalue weighted by atomic mass is 16.4. The Morgan fingerprint density at radius 1 is 1.05 bits per heavy atom. The average molecular weight is 296 g/mol. The molecule has 1 aromatic heterocycles. The van der Waals surface area contributed by atoms with Gasteiger partial charge in [-0.3, -0.25) is 4.79 Å². The van der Waals surface area contributed by atoms with Crippen LogP contribution in [-0.4, -0.2) is 32.0 Å². The minimum atomic E-state index is -1.03. The first-order valence-electron chi connectivity index (χ1n) is 6.55. The summed E-state index contributed by atoms with van der Waals surface area (Å²) in [5.74, 6) is -1.29. The Bertz CT molecular complexity index is 842. The largest absolute Gasteiger partial charge is 0.478 e. The van der Waals surface area contributed by atoms with Crippen molar-refractivity contribution in [3.63, 3.8) is 0 Å². The van der Waals surface area contributed by atoms with Crippen LogP contribution in [0.15, 0.2) is 48.5 Å². The monoisotopic (exact) mass is 296 g/mol. The van der Waals surface area contributed by atoms with Crippen molar-refractivity contribution < 1.29 is 14.7 Å². The van der Waals surface area contributed by atoms with E-state index in [9.17, 15) is 9.59 Å². The molecule has 0 atom stereocenters. The Morgan fingerprint density at radius 3 is 2.50 bits per heavy atom. The van der Waals surface area contributed by atoms with Crippen molar-refractivity contribution in [3.8, 4) is 0 Å². The SMILES string of the molecule is O=C(Cn1nc2ccc(C(=O)O)cc2n1)Nc1ccccc1. The van der Waals surface area contributed by atoms with E-state index < -0.39 is 5.97 Å². The molecule has 0 aliphatic carbocycles. The summed E-state index contributed by atoms with van der Waals surface area (Å²) in [7, 11) is 0. The number of aromatic carboxylic acids is 1. The van der Waals surface area contributed by atoms with Crippen LogP contribution in [0.5, 0.6) is 0 Å². The third kappa shape index (κ3) is 2.93. The molecular weight excluding hydrogens is 284 g/mol. The zero-order valence-electron chi connectivity index (χ0n) is 11.4. The van der Waals surface area contributed by atoms with E-state index in [0.717, 1.165) is 0 Å². The van der Waals surface area contributed by atoms with E-state index >= 15 is 0 Å². The maximum absolute atomic E-state index is 11.9. The molecule has 0 spiro atoms. The molecule has 0 unspecified atom stereocenters.